The number of amides is 1. The summed E-state index contributed by atoms with van der Waals surface area (Å²) in [6, 6.07) is 4.62. The van der Waals surface area contributed by atoms with Crippen molar-refractivity contribution in [1.29, 1.82) is 0 Å². The molecule has 1 aliphatic heterocycles. The molecule has 1 atom stereocenters. The van der Waals surface area contributed by atoms with Crippen LogP contribution in [0.3, 0.4) is 0 Å². The first-order valence-corrected chi connectivity index (χ1v) is 12.6. The molecule has 1 aromatic heterocycles. The van der Waals surface area contributed by atoms with E-state index in [0.717, 1.165) is 53.8 Å². The van der Waals surface area contributed by atoms with Gasteiger partial charge in [-0.1, -0.05) is 0 Å². The molecule has 8 heteroatoms. The molecule has 1 fully saturated rings. The molecule has 0 radical (unpaired) electrons. The smallest absolute Gasteiger partial charge is 0.224 e. The van der Waals surface area contributed by atoms with Crippen LogP contribution in [0.5, 0.6) is 5.75 Å². The van der Waals surface area contributed by atoms with E-state index >= 15 is 0 Å². The molecular formula is C22H29N3O4S. The van der Waals surface area contributed by atoms with Crippen molar-refractivity contribution in [3.05, 3.63) is 30.1 Å². The molecule has 1 saturated carbocycles. The van der Waals surface area contributed by atoms with E-state index in [9.17, 15) is 13.2 Å². The second-order valence-electron chi connectivity index (χ2n) is 8.49. The highest BCUT2D eigenvalue weighted by Crippen LogP contribution is 2.44. The number of hydrogen-bond donors (Lipinski definition) is 0. The van der Waals surface area contributed by atoms with Crippen LogP contribution < -0.4 is 9.64 Å². The third kappa shape index (κ3) is 4.38. The molecule has 2 aromatic rings. The number of carbonyl (C=O) groups excluding carboxylic acids is 1. The summed E-state index contributed by atoms with van der Waals surface area (Å²) in [7, 11) is -3.03. The van der Waals surface area contributed by atoms with Crippen molar-refractivity contribution >= 4 is 21.4 Å². The average molecular weight is 432 g/mol. The maximum Gasteiger partial charge on any atom is 0.224 e. The second-order valence-corrected chi connectivity index (χ2v) is 10.7. The van der Waals surface area contributed by atoms with E-state index in [0.29, 0.717) is 19.1 Å². The highest BCUT2D eigenvalue weighted by Gasteiger charge is 2.30. The maximum atomic E-state index is 12.3. The lowest BCUT2D eigenvalue weighted by molar-refractivity contribution is -0.117. The van der Waals surface area contributed by atoms with Gasteiger partial charge in [0.15, 0.2) is 0 Å². The zero-order valence-electron chi connectivity index (χ0n) is 17.8. The molecule has 0 spiro atoms. The van der Waals surface area contributed by atoms with Crippen LogP contribution in [-0.2, 0) is 21.1 Å². The molecule has 0 unspecified atom stereocenters. The lowest BCUT2D eigenvalue weighted by Gasteiger charge is -2.36. The Morgan fingerprint density at radius 1 is 1.27 bits per heavy atom. The summed E-state index contributed by atoms with van der Waals surface area (Å²) in [4.78, 5) is 14.1. The number of anilines is 1. The summed E-state index contributed by atoms with van der Waals surface area (Å²) < 4.78 is 31.2. The third-order valence-electron chi connectivity index (χ3n) is 5.83. The van der Waals surface area contributed by atoms with Gasteiger partial charge >= 0.3 is 0 Å². The molecule has 2 aliphatic rings. The van der Waals surface area contributed by atoms with E-state index < -0.39 is 9.84 Å². The molecule has 162 valence electrons. The van der Waals surface area contributed by atoms with Crippen LogP contribution in [0, 0.1) is 0 Å². The summed E-state index contributed by atoms with van der Waals surface area (Å²) in [6.45, 7) is 3.96. The Balaban J connectivity index is 1.70. The van der Waals surface area contributed by atoms with Gasteiger partial charge in [-0.15, -0.1) is 0 Å². The number of nitrogens with zero attached hydrogens (tertiary/aromatic N) is 3. The zero-order chi connectivity index (χ0) is 21.5. The number of sulfone groups is 1. The Kier molecular flexibility index (Phi) is 5.61. The first-order chi connectivity index (χ1) is 14.2. The van der Waals surface area contributed by atoms with Gasteiger partial charge in [0.1, 0.15) is 15.6 Å². The summed E-state index contributed by atoms with van der Waals surface area (Å²) >= 11 is 0. The fraction of sp³-hybridized carbons (Fsp3) is 0.545. The normalized spacial score (nSPS) is 18.9. The SMILES string of the molecule is CC(=O)N1c2ccc(-c3cnn(C4CC4)c3)c(OCCCS(C)(=O)=O)c2CC[C@@H]1C. The Bertz CT molecular complexity index is 1060. The number of rotatable bonds is 7. The summed E-state index contributed by atoms with van der Waals surface area (Å²) in [5.41, 5.74) is 3.82. The van der Waals surface area contributed by atoms with E-state index in [1.807, 2.05) is 27.9 Å². The van der Waals surface area contributed by atoms with Gasteiger partial charge in [0.05, 0.1) is 30.3 Å². The van der Waals surface area contributed by atoms with Gasteiger partial charge in [0, 0.05) is 42.1 Å². The average Bonchev–Trinajstić information content (AvgIpc) is 3.41. The molecular weight excluding hydrogens is 402 g/mol. The van der Waals surface area contributed by atoms with Crippen molar-refractivity contribution in [1.82, 2.24) is 9.78 Å². The van der Waals surface area contributed by atoms with Crippen LogP contribution in [-0.4, -0.2) is 48.8 Å². The standard InChI is InChI=1S/C22H29N3O4S/c1-15-5-8-20-21(25(15)16(2)26)10-9-19(17-13-23-24(14-17)18-6-7-18)22(20)29-11-4-12-30(3,27)28/h9-10,13-15,18H,4-8,11-12H2,1-3H3/t15-/m0/s1. The molecule has 1 aliphatic carbocycles. The summed E-state index contributed by atoms with van der Waals surface area (Å²) in [6.07, 6.45) is 9.56. The van der Waals surface area contributed by atoms with Crippen molar-refractivity contribution in [2.45, 2.75) is 58.0 Å². The Hall–Kier alpha value is -2.35. The molecule has 30 heavy (non-hydrogen) atoms. The first-order valence-electron chi connectivity index (χ1n) is 10.6. The van der Waals surface area contributed by atoms with Gasteiger partial charge in [-0.2, -0.15) is 5.10 Å². The van der Waals surface area contributed by atoms with Crippen LogP contribution in [0.2, 0.25) is 0 Å². The minimum absolute atomic E-state index is 0.0146. The molecule has 1 aromatic carbocycles. The third-order valence-corrected chi connectivity index (χ3v) is 6.86. The van der Waals surface area contributed by atoms with Crippen LogP contribution >= 0.6 is 0 Å². The monoisotopic (exact) mass is 431 g/mol. The molecule has 2 heterocycles. The second kappa shape index (κ2) is 8.06. The van der Waals surface area contributed by atoms with Gasteiger partial charge < -0.3 is 9.64 Å². The minimum atomic E-state index is -3.03. The fourth-order valence-corrected chi connectivity index (χ4v) is 4.83. The van der Waals surface area contributed by atoms with Gasteiger partial charge in [-0.3, -0.25) is 9.48 Å². The quantitative estimate of drug-likeness (QED) is 0.628. The van der Waals surface area contributed by atoms with Crippen LogP contribution in [0.25, 0.3) is 11.1 Å². The van der Waals surface area contributed by atoms with Crippen molar-refractivity contribution in [3.8, 4) is 16.9 Å². The van der Waals surface area contributed by atoms with Gasteiger partial charge in [0.2, 0.25) is 5.91 Å². The van der Waals surface area contributed by atoms with Crippen molar-refractivity contribution < 1.29 is 17.9 Å². The van der Waals surface area contributed by atoms with E-state index in [1.54, 1.807) is 6.92 Å². The number of fused-ring (bicyclic) bond motifs is 1. The Morgan fingerprint density at radius 3 is 2.70 bits per heavy atom. The lowest BCUT2D eigenvalue weighted by atomic mass is 9.92. The number of ether oxygens (including phenoxy) is 1. The first kappa shape index (κ1) is 20.9. The predicted octanol–water partition coefficient (Wildman–Crippen LogP) is 3.39. The highest BCUT2D eigenvalue weighted by molar-refractivity contribution is 7.90. The largest absolute Gasteiger partial charge is 0.493 e. The number of carbonyl (C=O) groups is 1. The molecule has 1 amide bonds. The Labute approximate surface area is 177 Å². The maximum absolute atomic E-state index is 12.3. The van der Waals surface area contributed by atoms with Gasteiger partial charge in [-0.05, 0) is 51.2 Å². The van der Waals surface area contributed by atoms with Gasteiger partial charge in [0.25, 0.3) is 0 Å². The number of aromatic nitrogens is 2. The van der Waals surface area contributed by atoms with Gasteiger partial charge in [-0.25, -0.2) is 8.42 Å². The van der Waals surface area contributed by atoms with Crippen LogP contribution in [0.15, 0.2) is 24.5 Å². The predicted molar refractivity (Wildman–Crippen MR) is 117 cm³/mol. The lowest BCUT2D eigenvalue weighted by Crippen LogP contribution is -2.40. The molecule has 0 saturated heterocycles. The van der Waals surface area contributed by atoms with Crippen molar-refractivity contribution in [2.75, 3.05) is 23.5 Å². The summed E-state index contributed by atoms with van der Waals surface area (Å²) in [5, 5.41) is 4.51. The zero-order valence-corrected chi connectivity index (χ0v) is 18.6. The molecule has 0 N–H and O–H groups in total. The fourth-order valence-electron chi connectivity index (χ4n) is 4.19. The van der Waals surface area contributed by atoms with E-state index in [-0.39, 0.29) is 17.7 Å². The Morgan fingerprint density at radius 2 is 2.03 bits per heavy atom. The topological polar surface area (TPSA) is 81.5 Å². The van der Waals surface area contributed by atoms with E-state index in [1.165, 1.54) is 6.26 Å². The van der Waals surface area contributed by atoms with Crippen LogP contribution in [0.1, 0.15) is 51.1 Å². The van der Waals surface area contributed by atoms with Crippen molar-refractivity contribution in [3.63, 3.8) is 0 Å². The molecule has 0 bridgehead atoms. The minimum Gasteiger partial charge on any atom is -0.493 e. The summed E-state index contributed by atoms with van der Waals surface area (Å²) in [5.74, 6) is 0.850. The highest BCUT2D eigenvalue weighted by atomic mass is 32.2. The van der Waals surface area contributed by atoms with Crippen molar-refractivity contribution in [2.24, 2.45) is 0 Å². The van der Waals surface area contributed by atoms with E-state index in [4.69, 9.17) is 4.74 Å². The molecule has 4 rings (SSSR count). The molecule has 7 nitrogen and oxygen atoms in total. The van der Waals surface area contributed by atoms with E-state index in [2.05, 4.69) is 18.2 Å². The number of benzene rings is 1. The van der Waals surface area contributed by atoms with Crippen LogP contribution in [0.4, 0.5) is 5.69 Å². The number of hydrogen-bond acceptors (Lipinski definition) is 5.